The van der Waals surface area contributed by atoms with Gasteiger partial charge in [0.05, 0.1) is 6.61 Å². The van der Waals surface area contributed by atoms with E-state index in [0.717, 1.165) is 26.2 Å². The third kappa shape index (κ3) is 4.13. The largest absolute Gasteiger partial charge is 0.391 e. The Morgan fingerprint density at radius 3 is 3.14 bits per heavy atom. The molecule has 1 fully saturated rings. The Bertz CT molecular complexity index is 190. The minimum atomic E-state index is -0.0367. The number of thioether (sulfide) groups is 1. The average molecular weight is 234 g/mol. The molecule has 0 aromatic heterocycles. The maximum atomic E-state index is 5.56. The summed E-state index contributed by atoms with van der Waals surface area (Å²) in [4.78, 5) is 2.86. The summed E-state index contributed by atoms with van der Waals surface area (Å²) in [5.74, 6) is 2.36. The van der Waals surface area contributed by atoms with Crippen molar-refractivity contribution in [3.8, 4) is 0 Å². The van der Waals surface area contributed by atoms with Gasteiger partial charge in [-0.25, -0.2) is 0 Å². The predicted octanol–water partition coefficient (Wildman–Crippen LogP) is 0.726. The first-order chi connectivity index (χ1) is 6.74. The first-order valence-corrected chi connectivity index (χ1v) is 6.51. The zero-order valence-electron chi connectivity index (χ0n) is 8.57. The lowest BCUT2D eigenvalue weighted by Crippen LogP contribution is -2.48. The van der Waals surface area contributed by atoms with E-state index >= 15 is 0 Å². The summed E-state index contributed by atoms with van der Waals surface area (Å²) in [7, 11) is 0. The monoisotopic (exact) mass is 234 g/mol. The lowest BCUT2D eigenvalue weighted by atomic mass is 10.3. The van der Waals surface area contributed by atoms with E-state index in [4.69, 9.17) is 22.7 Å². The smallest absolute Gasteiger partial charge is 0.120 e. The molecule has 0 aliphatic carbocycles. The Labute approximate surface area is 95.3 Å². The standard InChI is InChI=1S/C9H18N2OS2/c1-2-14-6-4-11-3-5-12-8(7-11)9(10)13/h8H,2-7H2,1H3,(H2,10,13). The van der Waals surface area contributed by atoms with E-state index in [-0.39, 0.29) is 6.10 Å². The van der Waals surface area contributed by atoms with Crippen LogP contribution < -0.4 is 5.73 Å². The second kappa shape index (κ2) is 6.61. The van der Waals surface area contributed by atoms with Crippen molar-refractivity contribution in [2.45, 2.75) is 13.0 Å². The van der Waals surface area contributed by atoms with Gasteiger partial charge in [0.2, 0.25) is 0 Å². The normalized spacial score (nSPS) is 23.6. The SMILES string of the molecule is CCSCCN1CCOC(C(N)=S)C1. The van der Waals surface area contributed by atoms with Gasteiger partial charge in [-0.3, -0.25) is 4.90 Å². The average Bonchev–Trinajstić information content (AvgIpc) is 2.19. The second-order valence-corrected chi connectivity index (χ2v) is 5.12. The molecular weight excluding hydrogens is 216 g/mol. The van der Waals surface area contributed by atoms with Crippen LogP contribution in [0.5, 0.6) is 0 Å². The van der Waals surface area contributed by atoms with Gasteiger partial charge in [-0.05, 0) is 5.75 Å². The number of rotatable bonds is 5. The third-order valence-electron chi connectivity index (χ3n) is 2.22. The minimum absolute atomic E-state index is 0.0367. The molecule has 1 aliphatic rings. The topological polar surface area (TPSA) is 38.5 Å². The highest BCUT2D eigenvalue weighted by molar-refractivity contribution is 7.99. The molecule has 0 amide bonds. The van der Waals surface area contributed by atoms with Crippen LogP contribution in [0.25, 0.3) is 0 Å². The number of hydrogen-bond acceptors (Lipinski definition) is 4. The van der Waals surface area contributed by atoms with Gasteiger partial charge < -0.3 is 10.5 Å². The van der Waals surface area contributed by atoms with Gasteiger partial charge >= 0.3 is 0 Å². The maximum absolute atomic E-state index is 5.56. The zero-order chi connectivity index (χ0) is 10.4. The van der Waals surface area contributed by atoms with Crippen molar-refractivity contribution in [3.05, 3.63) is 0 Å². The fraction of sp³-hybridized carbons (Fsp3) is 0.889. The lowest BCUT2D eigenvalue weighted by Gasteiger charge is -2.32. The molecule has 0 aromatic carbocycles. The second-order valence-electron chi connectivity index (χ2n) is 3.26. The molecule has 0 bridgehead atoms. The summed E-state index contributed by atoms with van der Waals surface area (Å²) in [6, 6.07) is 0. The van der Waals surface area contributed by atoms with Crippen LogP contribution in [0.2, 0.25) is 0 Å². The van der Waals surface area contributed by atoms with Crippen molar-refractivity contribution in [1.29, 1.82) is 0 Å². The number of morpholine rings is 1. The van der Waals surface area contributed by atoms with E-state index in [1.54, 1.807) is 0 Å². The molecule has 0 saturated carbocycles. The highest BCUT2D eigenvalue weighted by Gasteiger charge is 2.21. The third-order valence-corrected chi connectivity index (χ3v) is 3.37. The molecular formula is C9H18N2OS2. The van der Waals surface area contributed by atoms with E-state index < -0.39 is 0 Å². The number of nitrogens with zero attached hydrogens (tertiary/aromatic N) is 1. The molecule has 1 saturated heterocycles. The molecule has 1 atom stereocenters. The molecule has 2 N–H and O–H groups in total. The highest BCUT2D eigenvalue weighted by atomic mass is 32.2. The van der Waals surface area contributed by atoms with Crippen molar-refractivity contribution in [2.75, 3.05) is 37.7 Å². The number of nitrogens with two attached hydrogens (primary N) is 1. The minimum Gasteiger partial charge on any atom is -0.391 e. The summed E-state index contributed by atoms with van der Waals surface area (Å²) in [5, 5.41) is 0. The fourth-order valence-corrected chi connectivity index (χ4v) is 2.23. The molecule has 1 rings (SSSR count). The molecule has 5 heteroatoms. The Morgan fingerprint density at radius 2 is 2.50 bits per heavy atom. The highest BCUT2D eigenvalue weighted by Crippen LogP contribution is 2.07. The van der Waals surface area contributed by atoms with Crippen molar-refractivity contribution >= 4 is 29.0 Å². The summed E-state index contributed by atoms with van der Waals surface area (Å²) >= 11 is 6.89. The van der Waals surface area contributed by atoms with E-state index in [9.17, 15) is 0 Å². The molecule has 1 aliphatic heterocycles. The van der Waals surface area contributed by atoms with Crippen molar-refractivity contribution < 1.29 is 4.74 Å². The van der Waals surface area contributed by atoms with Crippen LogP contribution in [0.15, 0.2) is 0 Å². The number of hydrogen-bond donors (Lipinski definition) is 1. The lowest BCUT2D eigenvalue weighted by molar-refractivity contribution is 0.00989. The Balaban J connectivity index is 2.22. The van der Waals surface area contributed by atoms with E-state index in [1.807, 2.05) is 11.8 Å². The molecule has 1 unspecified atom stereocenters. The van der Waals surface area contributed by atoms with E-state index in [2.05, 4.69) is 11.8 Å². The molecule has 0 radical (unpaired) electrons. The zero-order valence-corrected chi connectivity index (χ0v) is 10.2. The van der Waals surface area contributed by atoms with Gasteiger partial charge in [0.1, 0.15) is 11.1 Å². The molecule has 0 spiro atoms. The first-order valence-electron chi connectivity index (χ1n) is 4.95. The summed E-state index contributed by atoms with van der Waals surface area (Å²) < 4.78 is 5.46. The van der Waals surface area contributed by atoms with Crippen LogP contribution >= 0.6 is 24.0 Å². The van der Waals surface area contributed by atoms with Crippen LogP contribution in [0.3, 0.4) is 0 Å². The van der Waals surface area contributed by atoms with Crippen LogP contribution in [0.4, 0.5) is 0 Å². The van der Waals surface area contributed by atoms with Crippen molar-refractivity contribution in [2.24, 2.45) is 5.73 Å². The fourth-order valence-electron chi connectivity index (χ4n) is 1.42. The maximum Gasteiger partial charge on any atom is 0.120 e. The predicted molar refractivity (Wildman–Crippen MR) is 66.0 cm³/mol. The Kier molecular flexibility index (Phi) is 5.77. The van der Waals surface area contributed by atoms with Gasteiger partial charge in [-0.2, -0.15) is 11.8 Å². The van der Waals surface area contributed by atoms with Gasteiger partial charge in [-0.1, -0.05) is 19.1 Å². The van der Waals surface area contributed by atoms with Gasteiger partial charge in [0, 0.05) is 25.4 Å². The molecule has 14 heavy (non-hydrogen) atoms. The van der Waals surface area contributed by atoms with E-state index in [1.165, 1.54) is 11.5 Å². The molecule has 82 valence electrons. The van der Waals surface area contributed by atoms with Crippen LogP contribution in [-0.2, 0) is 4.74 Å². The van der Waals surface area contributed by atoms with E-state index in [0.29, 0.717) is 4.99 Å². The van der Waals surface area contributed by atoms with Gasteiger partial charge in [0.15, 0.2) is 0 Å². The summed E-state index contributed by atoms with van der Waals surface area (Å²) in [6.45, 7) is 5.91. The van der Waals surface area contributed by atoms with Crippen molar-refractivity contribution in [3.63, 3.8) is 0 Å². The Morgan fingerprint density at radius 1 is 1.71 bits per heavy atom. The van der Waals surface area contributed by atoms with Crippen LogP contribution in [0, 0.1) is 0 Å². The van der Waals surface area contributed by atoms with Crippen LogP contribution in [0.1, 0.15) is 6.92 Å². The van der Waals surface area contributed by atoms with Gasteiger partial charge in [-0.15, -0.1) is 0 Å². The van der Waals surface area contributed by atoms with Crippen LogP contribution in [-0.4, -0.2) is 53.7 Å². The summed E-state index contributed by atoms with van der Waals surface area (Å²) in [6.07, 6.45) is -0.0367. The number of thiocarbonyl (C=S) groups is 1. The van der Waals surface area contributed by atoms with Crippen molar-refractivity contribution in [1.82, 2.24) is 4.90 Å². The summed E-state index contributed by atoms with van der Waals surface area (Å²) in [5.41, 5.74) is 5.56. The van der Waals surface area contributed by atoms with Gasteiger partial charge in [0.25, 0.3) is 0 Å². The quantitative estimate of drug-likeness (QED) is 0.561. The molecule has 3 nitrogen and oxygen atoms in total. The first kappa shape index (κ1) is 12.2. The number of ether oxygens (including phenoxy) is 1. The molecule has 0 aromatic rings. The molecule has 1 heterocycles. The Hall–Kier alpha value is 0.160.